The van der Waals surface area contributed by atoms with Gasteiger partial charge >= 0.3 is 5.97 Å². The number of hydrogen-bond acceptors (Lipinski definition) is 7. The van der Waals surface area contributed by atoms with Gasteiger partial charge in [-0.3, -0.25) is 9.59 Å². The maximum absolute atomic E-state index is 12.2. The summed E-state index contributed by atoms with van der Waals surface area (Å²) in [6.07, 6.45) is 19.1. The second-order valence-corrected chi connectivity index (χ2v) is 30.4. The lowest BCUT2D eigenvalue weighted by molar-refractivity contribution is -0.237. The molecule has 12 fully saturated rings. The molecular formula is C51H76O7Si. The monoisotopic (exact) mass is 829 g/mol. The largest absolute Gasteiger partial charge is 0.458 e. The normalized spacial score (nSPS) is 60.9. The number of esters is 1. The number of fused-ring (bicyclic) bond motifs is 22. The first-order valence-corrected chi connectivity index (χ1v) is 28.4. The summed E-state index contributed by atoms with van der Waals surface area (Å²) in [6, 6.07) is 0. The fourth-order valence-electron chi connectivity index (χ4n) is 20.2. The van der Waals surface area contributed by atoms with Crippen molar-refractivity contribution in [1.29, 1.82) is 0 Å². The Balaban J connectivity index is 0.000000129. The summed E-state index contributed by atoms with van der Waals surface area (Å²) in [7, 11) is -1.51. The average molecular weight is 829 g/mol. The zero-order chi connectivity index (χ0) is 41.2. The SMILES string of the molecule is C[C@]12CCC(=O)C=C1[C@@H]1C[C@@H]1C1C2CC[C@@]2(C)C1[C@@H]1C[C@@H]1[C@@]21CCC(=O)O1.C[C@]12CCC3C(C1[C@@H]1C[C@@H]1[C@@]2(O)CCCO[Si](C)(C)C)[C@H]1C[C@H]1C1(O)CC(O)CC[C@]31C. The molecule has 0 bridgehead atoms. The van der Waals surface area contributed by atoms with Crippen LogP contribution in [0, 0.1) is 105 Å². The number of carbonyl (C=O) groups excluding carboxylic acids is 2. The van der Waals surface area contributed by atoms with Crippen LogP contribution in [0.25, 0.3) is 0 Å². The number of ketones is 1. The van der Waals surface area contributed by atoms with E-state index in [0.717, 1.165) is 100 Å². The Bertz CT molecular complexity index is 1890. The standard InChI is InChI=1S/C27H46O4Si.C24H30O3/c1-24-10-7-16(28)15-27(24,30)20-13-17(20)22-19(24)8-11-25(2)23(22)18-14-21(18)26(25,29)9-6-12-31-32(3,4)5;1-22-6-3-12(25)9-17(22)13-10-14(13)20-16(22)4-7-23(2)21(20)15-11-18(15)24(23)8-5-19(26)27-24/h16-23,28-30H,6-15H2,1-5H3;9,13-16,18,20-21H,3-8,10-11H2,1-2H3/t16?,17-,18+,19?,20+,21-,22?,23?,24+,25-,26-,27?;13-,14+,15-,16?,18+,20?,21?,22-,23+,24+/m01/s1. The Morgan fingerprint density at radius 2 is 1.39 bits per heavy atom. The highest BCUT2D eigenvalue weighted by atomic mass is 28.4. The fraction of sp³-hybridized carbons (Fsp3) is 0.922. The predicted octanol–water partition coefficient (Wildman–Crippen LogP) is 8.89. The molecule has 13 aliphatic rings. The van der Waals surface area contributed by atoms with Crippen molar-refractivity contribution in [2.45, 2.75) is 179 Å². The highest BCUT2D eigenvalue weighted by Crippen LogP contribution is 2.84. The molecule has 1 aliphatic heterocycles. The molecular weight excluding hydrogens is 753 g/mol. The lowest BCUT2D eigenvalue weighted by Crippen LogP contribution is -2.65. The maximum Gasteiger partial charge on any atom is 0.306 e. The van der Waals surface area contributed by atoms with Crippen molar-refractivity contribution in [2.75, 3.05) is 6.61 Å². The van der Waals surface area contributed by atoms with E-state index in [2.05, 4.69) is 53.4 Å². The smallest absolute Gasteiger partial charge is 0.306 e. The lowest BCUT2D eigenvalue weighted by atomic mass is 9.42. The van der Waals surface area contributed by atoms with Gasteiger partial charge in [0.1, 0.15) is 5.60 Å². The molecule has 0 aromatic rings. The van der Waals surface area contributed by atoms with Crippen LogP contribution in [0.2, 0.25) is 19.6 Å². The van der Waals surface area contributed by atoms with Crippen molar-refractivity contribution in [3.8, 4) is 0 Å². The Hall–Kier alpha value is -1.06. The molecule has 0 aromatic carbocycles. The zero-order valence-electron chi connectivity index (χ0n) is 37.4. The Labute approximate surface area is 355 Å². The minimum atomic E-state index is -1.51. The molecule has 12 aliphatic carbocycles. The molecule has 11 saturated carbocycles. The van der Waals surface area contributed by atoms with E-state index in [1.807, 2.05) is 0 Å². The number of aliphatic hydroxyl groups is 3. The molecule has 8 unspecified atom stereocenters. The molecule has 3 N–H and O–H groups in total. The van der Waals surface area contributed by atoms with Crippen LogP contribution < -0.4 is 0 Å². The lowest BCUT2D eigenvalue weighted by Gasteiger charge is -2.64. The fourth-order valence-corrected chi connectivity index (χ4v) is 21.0. The predicted molar refractivity (Wildman–Crippen MR) is 227 cm³/mol. The van der Waals surface area contributed by atoms with E-state index < -0.39 is 19.5 Å². The number of hydrogen-bond donors (Lipinski definition) is 3. The van der Waals surface area contributed by atoms with E-state index in [9.17, 15) is 24.9 Å². The third-order valence-electron chi connectivity index (χ3n) is 22.9. The quantitative estimate of drug-likeness (QED) is 0.144. The van der Waals surface area contributed by atoms with Crippen LogP contribution in [-0.2, 0) is 18.8 Å². The van der Waals surface area contributed by atoms with Gasteiger partial charge in [-0.15, -0.1) is 0 Å². The first-order valence-electron chi connectivity index (χ1n) is 25.0. The van der Waals surface area contributed by atoms with Crippen molar-refractivity contribution in [3.05, 3.63) is 11.6 Å². The summed E-state index contributed by atoms with van der Waals surface area (Å²) in [4.78, 5) is 24.3. The van der Waals surface area contributed by atoms with Crippen LogP contribution in [0.3, 0.4) is 0 Å². The van der Waals surface area contributed by atoms with Crippen LogP contribution in [0.5, 0.6) is 0 Å². The van der Waals surface area contributed by atoms with E-state index in [1.54, 1.807) is 0 Å². The van der Waals surface area contributed by atoms with Crippen LogP contribution in [-0.4, -0.2) is 64.9 Å². The summed E-state index contributed by atoms with van der Waals surface area (Å²) in [5.74, 6) is 9.68. The molecule has 0 aromatic heterocycles. The average Bonchev–Trinajstić information content (AvgIpc) is 4.00. The molecule has 7 nitrogen and oxygen atoms in total. The number of carbonyl (C=O) groups is 2. The van der Waals surface area contributed by atoms with E-state index in [-0.39, 0.29) is 39.3 Å². The van der Waals surface area contributed by atoms with Crippen molar-refractivity contribution in [1.82, 2.24) is 0 Å². The topological polar surface area (TPSA) is 113 Å². The summed E-state index contributed by atoms with van der Waals surface area (Å²) < 4.78 is 12.3. The molecule has 0 amide bonds. The third-order valence-corrected chi connectivity index (χ3v) is 24.0. The molecule has 1 saturated heterocycles. The molecule has 1 spiro atoms. The van der Waals surface area contributed by atoms with Crippen LogP contribution in [0.4, 0.5) is 0 Å². The van der Waals surface area contributed by atoms with Gasteiger partial charge in [-0.05, 0) is 209 Å². The summed E-state index contributed by atoms with van der Waals surface area (Å²) in [6.45, 7) is 17.3. The van der Waals surface area contributed by atoms with Crippen molar-refractivity contribution in [2.24, 2.45) is 105 Å². The van der Waals surface area contributed by atoms with E-state index in [4.69, 9.17) is 9.16 Å². The number of allylic oxidation sites excluding steroid dienone is 1. The van der Waals surface area contributed by atoms with Crippen molar-refractivity contribution >= 4 is 20.1 Å². The van der Waals surface area contributed by atoms with Gasteiger partial charge in [0.05, 0.1) is 17.3 Å². The Morgan fingerprint density at radius 3 is 2.14 bits per heavy atom. The van der Waals surface area contributed by atoms with Crippen molar-refractivity contribution in [3.63, 3.8) is 0 Å². The molecule has 0 radical (unpaired) electrons. The van der Waals surface area contributed by atoms with Gasteiger partial charge in [0.25, 0.3) is 0 Å². The molecule has 1 heterocycles. The molecule has 22 atom stereocenters. The summed E-state index contributed by atoms with van der Waals surface area (Å²) in [5.41, 5.74) is 0.608. The van der Waals surface area contributed by atoms with Crippen molar-refractivity contribution < 1.29 is 34.1 Å². The van der Waals surface area contributed by atoms with E-state index in [0.29, 0.717) is 71.9 Å². The first-order chi connectivity index (χ1) is 27.7. The second-order valence-electron chi connectivity index (χ2n) is 25.9. The molecule has 59 heavy (non-hydrogen) atoms. The molecule has 13 rings (SSSR count). The zero-order valence-corrected chi connectivity index (χ0v) is 38.4. The van der Waals surface area contributed by atoms with Gasteiger partial charge in [-0.2, -0.15) is 0 Å². The van der Waals surface area contributed by atoms with Crippen LogP contribution in [0.15, 0.2) is 11.6 Å². The van der Waals surface area contributed by atoms with Gasteiger partial charge in [0.15, 0.2) is 14.1 Å². The third kappa shape index (κ3) is 4.92. The van der Waals surface area contributed by atoms with Gasteiger partial charge in [-0.1, -0.05) is 33.3 Å². The molecule has 8 heteroatoms. The number of ether oxygens (including phenoxy) is 1. The van der Waals surface area contributed by atoms with Gasteiger partial charge in [0, 0.05) is 37.2 Å². The Morgan fingerprint density at radius 1 is 0.729 bits per heavy atom. The minimum Gasteiger partial charge on any atom is -0.458 e. The second kappa shape index (κ2) is 12.0. The maximum atomic E-state index is 12.2. The highest BCUT2D eigenvalue weighted by molar-refractivity contribution is 6.69. The van der Waals surface area contributed by atoms with E-state index >= 15 is 0 Å². The highest BCUT2D eigenvalue weighted by Gasteiger charge is 2.83. The summed E-state index contributed by atoms with van der Waals surface area (Å²) in [5, 5.41) is 34.6. The van der Waals surface area contributed by atoms with Gasteiger partial charge in [-0.25, -0.2) is 0 Å². The van der Waals surface area contributed by atoms with E-state index in [1.165, 1.54) is 37.7 Å². The molecule has 326 valence electrons. The van der Waals surface area contributed by atoms with Gasteiger partial charge < -0.3 is 24.5 Å². The van der Waals surface area contributed by atoms with Crippen LogP contribution in [0.1, 0.15) is 137 Å². The number of aliphatic hydroxyl groups excluding tert-OH is 1. The Kier molecular flexibility index (Phi) is 8.03. The van der Waals surface area contributed by atoms with Crippen LogP contribution >= 0.6 is 0 Å². The minimum absolute atomic E-state index is 0.0219. The first kappa shape index (κ1) is 39.5. The van der Waals surface area contributed by atoms with Gasteiger partial charge in [0.2, 0.25) is 0 Å². The number of rotatable bonds is 5. The summed E-state index contributed by atoms with van der Waals surface area (Å²) >= 11 is 0.